The van der Waals surface area contributed by atoms with Crippen LogP contribution in [0.25, 0.3) is 22.6 Å². The molecule has 102 valence electrons. The number of aromatic nitrogens is 3. The SMILES string of the molecule is CCOc1nc(Cl)nc(-c2cc3cccc(F)c3o2)n1. The average Bonchev–Trinajstić information content (AvgIpc) is 2.84. The Bertz CT molecular complexity index is 775. The van der Waals surface area contributed by atoms with Gasteiger partial charge in [0.15, 0.2) is 17.2 Å². The van der Waals surface area contributed by atoms with E-state index in [-0.39, 0.29) is 22.7 Å². The maximum absolute atomic E-state index is 13.6. The third-order valence-electron chi connectivity index (χ3n) is 2.58. The minimum absolute atomic E-state index is 0.0145. The van der Waals surface area contributed by atoms with E-state index >= 15 is 0 Å². The number of para-hydroxylation sites is 1. The van der Waals surface area contributed by atoms with Crippen LogP contribution in [0.15, 0.2) is 28.7 Å². The zero-order valence-corrected chi connectivity index (χ0v) is 11.2. The van der Waals surface area contributed by atoms with Crippen molar-refractivity contribution in [3.63, 3.8) is 0 Å². The summed E-state index contributed by atoms with van der Waals surface area (Å²) in [5.41, 5.74) is 0.150. The molecule has 20 heavy (non-hydrogen) atoms. The van der Waals surface area contributed by atoms with Crippen LogP contribution in [0, 0.1) is 5.82 Å². The van der Waals surface area contributed by atoms with Crippen molar-refractivity contribution in [1.82, 2.24) is 15.0 Å². The Morgan fingerprint density at radius 3 is 2.90 bits per heavy atom. The van der Waals surface area contributed by atoms with Gasteiger partial charge in [0.2, 0.25) is 11.1 Å². The lowest BCUT2D eigenvalue weighted by Gasteiger charge is -2.02. The van der Waals surface area contributed by atoms with Crippen molar-refractivity contribution < 1.29 is 13.5 Å². The molecule has 2 heterocycles. The summed E-state index contributed by atoms with van der Waals surface area (Å²) in [6.07, 6.45) is 0. The maximum atomic E-state index is 13.6. The molecule has 3 aromatic rings. The molecular formula is C13H9ClFN3O2. The van der Waals surface area contributed by atoms with E-state index in [9.17, 15) is 4.39 Å². The highest BCUT2D eigenvalue weighted by Crippen LogP contribution is 2.28. The Morgan fingerprint density at radius 2 is 2.15 bits per heavy atom. The molecule has 0 aliphatic rings. The summed E-state index contributed by atoms with van der Waals surface area (Å²) in [6.45, 7) is 2.20. The lowest BCUT2D eigenvalue weighted by atomic mass is 10.2. The molecule has 1 aromatic carbocycles. The molecular weight excluding hydrogens is 285 g/mol. The first kappa shape index (κ1) is 12.8. The monoisotopic (exact) mass is 293 g/mol. The van der Waals surface area contributed by atoms with Crippen molar-refractivity contribution in [1.29, 1.82) is 0 Å². The Morgan fingerprint density at radius 1 is 1.30 bits per heavy atom. The van der Waals surface area contributed by atoms with E-state index in [0.29, 0.717) is 17.8 Å². The van der Waals surface area contributed by atoms with Gasteiger partial charge >= 0.3 is 6.01 Å². The number of rotatable bonds is 3. The fourth-order valence-electron chi connectivity index (χ4n) is 1.77. The fourth-order valence-corrected chi connectivity index (χ4v) is 1.93. The second kappa shape index (κ2) is 5.05. The van der Waals surface area contributed by atoms with Gasteiger partial charge in [0.25, 0.3) is 0 Å². The quantitative estimate of drug-likeness (QED) is 0.740. The number of hydrogen-bond acceptors (Lipinski definition) is 5. The van der Waals surface area contributed by atoms with Crippen LogP contribution in [0.3, 0.4) is 0 Å². The normalized spacial score (nSPS) is 10.9. The van der Waals surface area contributed by atoms with E-state index in [4.69, 9.17) is 20.8 Å². The van der Waals surface area contributed by atoms with Crippen molar-refractivity contribution in [3.05, 3.63) is 35.4 Å². The molecule has 2 aromatic heterocycles. The largest absolute Gasteiger partial charge is 0.464 e. The molecule has 0 aliphatic heterocycles. The van der Waals surface area contributed by atoms with Crippen LogP contribution in [0.1, 0.15) is 6.92 Å². The van der Waals surface area contributed by atoms with Crippen LogP contribution in [0.4, 0.5) is 4.39 Å². The summed E-state index contributed by atoms with van der Waals surface area (Å²) in [4.78, 5) is 11.9. The van der Waals surface area contributed by atoms with E-state index in [0.717, 1.165) is 0 Å². The van der Waals surface area contributed by atoms with Gasteiger partial charge in [0, 0.05) is 5.39 Å². The molecule has 0 fully saturated rings. The summed E-state index contributed by atoms with van der Waals surface area (Å²) in [5.74, 6) is 0.0540. The molecule has 3 rings (SSSR count). The van der Waals surface area contributed by atoms with E-state index in [2.05, 4.69) is 15.0 Å². The highest BCUT2D eigenvalue weighted by Gasteiger charge is 2.14. The number of nitrogens with zero attached hydrogens (tertiary/aromatic N) is 3. The van der Waals surface area contributed by atoms with Crippen molar-refractivity contribution in [2.45, 2.75) is 6.92 Å². The second-order valence-corrected chi connectivity index (χ2v) is 4.25. The second-order valence-electron chi connectivity index (χ2n) is 3.91. The van der Waals surface area contributed by atoms with Crippen molar-refractivity contribution in [2.75, 3.05) is 6.61 Å². The highest BCUT2D eigenvalue weighted by atomic mass is 35.5. The number of benzene rings is 1. The Hall–Kier alpha value is -2.21. The Balaban J connectivity index is 2.12. The lowest BCUT2D eigenvalue weighted by Crippen LogP contribution is -2.00. The first-order chi connectivity index (χ1) is 9.67. The first-order valence-electron chi connectivity index (χ1n) is 5.90. The number of halogens is 2. The maximum Gasteiger partial charge on any atom is 0.321 e. The van der Waals surface area contributed by atoms with E-state index in [1.54, 1.807) is 25.1 Å². The molecule has 0 saturated carbocycles. The van der Waals surface area contributed by atoms with Crippen molar-refractivity contribution in [3.8, 4) is 17.6 Å². The zero-order valence-electron chi connectivity index (χ0n) is 10.4. The third-order valence-corrected chi connectivity index (χ3v) is 2.75. The number of hydrogen-bond donors (Lipinski definition) is 0. The van der Waals surface area contributed by atoms with Crippen molar-refractivity contribution >= 4 is 22.6 Å². The molecule has 5 nitrogen and oxygen atoms in total. The van der Waals surface area contributed by atoms with Gasteiger partial charge in [0.05, 0.1) is 6.61 Å². The number of furan rings is 1. The molecule has 0 unspecified atom stereocenters. The van der Waals surface area contributed by atoms with Crippen LogP contribution < -0.4 is 4.74 Å². The summed E-state index contributed by atoms with van der Waals surface area (Å²) >= 11 is 5.81. The molecule has 0 atom stereocenters. The predicted molar refractivity (Wildman–Crippen MR) is 71.2 cm³/mol. The van der Waals surface area contributed by atoms with Gasteiger partial charge in [-0.2, -0.15) is 15.0 Å². The topological polar surface area (TPSA) is 61.0 Å². The standard InChI is InChI=1S/C13H9ClFN3O2/c1-2-19-13-17-11(16-12(14)18-13)9-6-7-4-3-5-8(15)10(7)20-9/h3-6H,2H2,1H3. The molecule has 7 heteroatoms. The van der Waals surface area contributed by atoms with E-state index in [1.807, 2.05) is 0 Å². The molecule has 0 amide bonds. The van der Waals surface area contributed by atoms with Crippen LogP contribution in [0.2, 0.25) is 5.28 Å². The molecule has 0 saturated heterocycles. The third kappa shape index (κ3) is 2.30. The van der Waals surface area contributed by atoms with E-state index < -0.39 is 5.82 Å². The minimum Gasteiger partial charge on any atom is -0.464 e. The smallest absolute Gasteiger partial charge is 0.321 e. The number of ether oxygens (including phenoxy) is 1. The van der Waals surface area contributed by atoms with Gasteiger partial charge < -0.3 is 9.15 Å². The predicted octanol–water partition coefficient (Wildman–Crippen LogP) is 3.48. The van der Waals surface area contributed by atoms with Gasteiger partial charge in [0.1, 0.15) is 0 Å². The fraction of sp³-hybridized carbons (Fsp3) is 0.154. The summed E-state index contributed by atoms with van der Waals surface area (Å²) in [6, 6.07) is 6.39. The van der Waals surface area contributed by atoms with Gasteiger partial charge in [-0.3, -0.25) is 0 Å². The molecule has 0 spiro atoms. The van der Waals surface area contributed by atoms with Crippen molar-refractivity contribution in [2.24, 2.45) is 0 Å². The molecule has 0 N–H and O–H groups in total. The van der Waals surface area contributed by atoms with Crippen LogP contribution in [-0.2, 0) is 0 Å². The summed E-state index contributed by atoms with van der Waals surface area (Å²) < 4.78 is 24.2. The van der Waals surface area contributed by atoms with Gasteiger partial charge in [-0.15, -0.1) is 0 Å². The lowest BCUT2D eigenvalue weighted by molar-refractivity contribution is 0.311. The highest BCUT2D eigenvalue weighted by molar-refractivity contribution is 6.28. The molecule has 0 aliphatic carbocycles. The van der Waals surface area contributed by atoms with Gasteiger partial charge in [-0.05, 0) is 30.7 Å². The summed E-state index contributed by atoms with van der Waals surface area (Å²) in [7, 11) is 0. The number of fused-ring (bicyclic) bond motifs is 1. The minimum atomic E-state index is -0.445. The molecule has 0 bridgehead atoms. The zero-order chi connectivity index (χ0) is 14.1. The van der Waals surface area contributed by atoms with Crippen LogP contribution in [-0.4, -0.2) is 21.6 Å². The van der Waals surface area contributed by atoms with Gasteiger partial charge in [-0.1, -0.05) is 12.1 Å². The van der Waals surface area contributed by atoms with Gasteiger partial charge in [-0.25, -0.2) is 4.39 Å². The van der Waals surface area contributed by atoms with Crippen LogP contribution in [0.5, 0.6) is 6.01 Å². The Labute approximate surface area is 118 Å². The van der Waals surface area contributed by atoms with E-state index in [1.165, 1.54) is 6.07 Å². The molecule has 0 radical (unpaired) electrons. The first-order valence-corrected chi connectivity index (χ1v) is 6.28. The average molecular weight is 294 g/mol. The Kier molecular flexibility index (Phi) is 3.23. The summed E-state index contributed by atoms with van der Waals surface area (Å²) in [5, 5.41) is 0.605. The van der Waals surface area contributed by atoms with Crippen LogP contribution >= 0.6 is 11.6 Å².